The van der Waals surface area contributed by atoms with Gasteiger partial charge >= 0.3 is 0 Å². The molecule has 23 heavy (non-hydrogen) atoms. The van der Waals surface area contributed by atoms with Crippen LogP contribution in [-0.2, 0) is 0 Å². The van der Waals surface area contributed by atoms with Gasteiger partial charge in [0, 0.05) is 26.2 Å². The minimum absolute atomic E-state index is 0.578. The largest absolute Gasteiger partial charge is 0.299 e. The van der Waals surface area contributed by atoms with E-state index >= 15 is 0 Å². The van der Waals surface area contributed by atoms with Crippen LogP contribution in [0.1, 0.15) is 58.7 Å². The first-order valence-electron chi connectivity index (χ1n) is 10.7. The highest BCUT2D eigenvalue weighted by molar-refractivity contribution is 5.62. The number of nitrogens with zero attached hydrogens (tertiary/aromatic N) is 2. The van der Waals surface area contributed by atoms with Crippen LogP contribution in [0.3, 0.4) is 0 Å². The van der Waals surface area contributed by atoms with E-state index in [1.807, 2.05) is 34.9 Å². The third-order valence-corrected chi connectivity index (χ3v) is 3.95. The average molecular weight is 310 g/mol. The van der Waals surface area contributed by atoms with Gasteiger partial charge in [-0.1, -0.05) is 76.1 Å². The number of aromatic nitrogens is 2. The Bertz CT molecular complexity index is 935. The maximum absolute atomic E-state index is 7.91. The fraction of sp³-hybridized carbons (Fsp3) is 0.286. The molecule has 2 nitrogen and oxygen atoms in total. The van der Waals surface area contributed by atoms with Gasteiger partial charge in [-0.05, 0) is 23.0 Å². The Kier molecular flexibility index (Phi) is 2.71. The zero-order chi connectivity index (χ0) is 21.4. The van der Waals surface area contributed by atoms with E-state index in [2.05, 4.69) is 4.98 Å². The van der Waals surface area contributed by atoms with E-state index in [1.165, 1.54) is 0 Å². The van der Waals surface area contributed by atoms with Gasteiger partial charge in [-0.3, -0.25) is 4.57 Å². The quantitative estimate of drug-likeness (QED) is 0.596. The second-order valence-corrected chi connectivity index (χ2v) is 5.72. The molecular weight excluding hydrogens is 280 g/mol. The third kappa shape index (κ3) is 2.94. The van der Waals surface area contributed by atoms with Gasteiger partial charge in [-0.2, -0.15) is 0 Å². The van der Waals surface area contributed by atoms with Crippen molar-refractivity contribution in [1.82, 2.24) is 9.55 Å². The molecule has 0 aliphatic heterocycles. The standard InChI is InChI=1S/C21H24N2/c1-15(2)18-11-8-12-19(16(3)4)20(18)23-14-13-22-21(23)17-9-6-5-7-10-17/h5-16H,1-4H3/i1D3,3D3. The molecule has 3 aromatic rings. The van der Waals surface area contributed by atoms with Crippen molar-refractivity contribution >= 4 is 0 Å². The first kappa shape index (κ1) is 9.71. The van der Waals surface area contributed by atoms with E-state index in [1.54, 1.807) is 44.4 Å². The molecule has 0 amide bonds. The average Bonchev–Trinajstić information content (AvgIpc) is 3.14. The van der Waals surface area contributed by atoms with Crippen LogP contribution in [0.25, 0.3) is 17.1 Å². The normalized spacial score (nSPS) is 18.7. The maximum Gasteiger partial charge on any atom is 0.144 e. The Morgan fingerprint density at radius 3 is 2.17 bits per heavy atom. The van der Waals surface area contributed by atoms with Gasteiger partial charge in [0.05, 0.1) is 5.69 Å². The van der Waals surface area contributed by atoms with E-state index < -0.39 is 25.5 Å². The zero-order valence-electron chi connectivity index (χ0n) is 19.3. The van der Waals surface area contributed by atoms with E-state index in [4.69, 9.17) is 8.22 Å². The van der Waals surface area contributed by atoms with Crippen molar-refractivity contribution in [2.24, 2.45) is 0 Å². The monoisotopic (exact) mass is 310 g/mol. The lowest BCUT2D eigenvalue weighted by molar-refractivity contribution is 0.807. The fourth-order valence-electron chi connectivity index (χ4n) is 2.84. The van der Waals surface area contributed by atoms with Crippen LogP contribution in [0.2, 0.25) is 0 Å². The molecule has 2 atom stereocenters. The molecule has 118 valence electrons. The van der Waals surface area contributed by atoms with E-state index in [-0.39, 0.29) is 0 Å². The Balaban J connectivity index is 2.31. The van der Waals surface area contributed by atoms with E-state index in [0.717, 1.165) is 5.56 Å². The van der Waals surface area contributed by atoms with Gasteiger partial charge in [-0.25, -0.2) is 4.98 Å². The topological polar surface area (TPSA) is 17.8 Å². The van der Waals surface area contributed by atoms with Crippen LogP contribution in [0.5, 0.6) is 0 Å². The molecule has 0 saturated carbocycles. The summed E-state index contributed by atoms with van der Waals surface area (Å²) >= 11 is 0. The molecule has 2 unspecified atom stereocenters. The van der Waals surface area contributed by atoms with Crippen LogP contribution in [0.4, 0.5) is 0 Å². The van der Waals surface area contributed by atoms with Crippen molar-refractivity contribution in [2.75, 3.05) is 0 Å². The summed E-state index contributed by atoms with van der Waals surface area (Å²) in [6, 6.07) is 14.8. The van der Waals surface area contributed by atoms with Gasteiger partial charge in [0.2, 0.25) is 0 Å². The first-order chi connectivity index (χ1) is 13.5. The van der Waals surface area contributed by atoms with E-state index in [9.17, 15) is 0 Å². The van der Waals surface area contributed by atoms with Gasteiger partial charge < -0.3 is 0 Å². The molecule has 3 rings (SSSR count). The second kappa shape index (κ2) is 6.41. The molecule has 1 heterocycles. The lowest BCUT2D eigenvalue weighted by Crippen LogP contribution is -2.07. The van der Waals surface area contributed by atoms with Gasteiger partial charge in [0.15, 0.2) is 0 Å². The highest BCUT2D eigenvalue weighted by Crippen LogP contribution is 2.33. The number of imidazole rings is 1. The summed E-state index contributed by atoms with van der Waals surface area (Å²) < 4.78 is 49.3. The Morgan fingerprint density at radius 1 is 0.913 bits per heavy atom. The zero-order valence-corrected chi connectivity index (χ0v) is 13.3. The Labute approximate surface area is 147 Å². The summed E-state index contributed by atoms with van der Waals surface area (Å²) in [6.45, 7) is -1.14. The summed E-state index contributed by atoms with van der Waals surface area (Å²) in [6.07, 6.45) is 3.39. The molecule has 0 fully saturated rings. The van der Waals surface area contributed by atoms with Crippen molar-refractivity contribution < 1.29 is 8.22 Å². The smallest absolute Gasteiger partial charge is 0.144 e. The maximum atomic E-state index is 7.91. The number of para-hydroxylation sites is 1. The Morgan fingerprint density at radius 2 is 1.57 bits per heavy atom. The lowest BCUT2D eigenvalue weighted by Gasteiger charge is -2.21. The number of benzene rings is 2. The SMILES string of the molecule is [2H]C([2H])([2H])C(C)c1cccc(C(C)C([2H])([2H])[2H])c1-n1ccnc1-c1ccccc1. The summed E-state index contributed by atoms with van der Waals surface area (Å²) in [7, 11) is 0. The minimum Gasteiger partial charge on any atom is -0.299 e. The summed E-state index contributed by atoms with van der Waals surface area (Å²) in [5, 5.41) is 0. The van der Waals surface area contributed by atoms with Gasteiger partial charge in [0.1, 0.15) is 5.82 Å². The predicted octanol–water partition coefficient (Wildman–Crippen LogP) is 5.79. The van der Waals surface area contributed by atoms with Crippen LogP contribution in [0.15, 0.2) is 60.9 Å². The third-order valence-electron chi connectivity index (χ3n) is 3.95. The highest BCUT2D eigenvalue weighted by Gasteiger charge is 2.18. The fourth-order valence-corrected chi connectivity index (χ4v) is 2.84. The molecule has 0 aliphatic rings. The first-order valence-corrected chi connectivity index (χ1v) is 7.73. The molecule has 0 aliphatic carbocycles. The highest BCUT2D eigenvalue weighted by atomic mass is 15.1. The van der Waals surface area contributed by atoms with Crippen molar-refractivity contribution in [3.05, 3.63) is 72.1 Å². The van der Waals surface area contributed by atoms with Gasteiger partial charge in [0.25, 0.3) is 0 Å². The van der Waals surface area contributed by atoms with E-state index in [0.29, 0.717) is 22.6 Å². The molecule has 0 N–H and O–H groups in total. The van der Waals surface area contributed by atoms with Crippen molar-refractivity contribution in [3.63, 3.8) is 0 Å². The van der Waals surface area contributed by atoms with Crippen LogP contribution in [-0.4, -0.2) is 9.55 Å². The van der Waals surface area contributed by atoms with Crippen molar-refractivity contribution in [1.29, 1.82) is 0 Å². The van der Waals surface area contributed by atoms with Crippen molar-refractivity contribution in [3.8, 4) is 17.1 Å². The molecule has 0 saturated heterocycles. The number of hydrogen-bond donors (Lipinski definition) is 0. The molecule has 0 spiro atoms. The molecule has 1 aromatic heterocycles. The van der Waals surface area contributed by atoms with Gasteiger partial charge in [-0.15, -0.1) is 0 Å². The molecule has 0 radical (unpaired) electrons. The molecule has 2 heteroatoms. The second-order valence-electron chi connectivity index (χ2n) is 5.72. The van der Waals surface area contributed by atoms with Crippen molar-refractivity contribution in [2.45, 2.75) is 39.4 Å². The van der Waals surface area contributed by atoms with Crippen LogP contribution >= 0.6 is 0 Å². The van der Waals surface area contributed by atoms with Crippen LogP contribution in [0, 0.1) is 0 Å². The lowest BCUT2D eigenvalue weighted by atomic mass is 9.92. The minimum atomic E-state index is -2.22. The summed E-state index contributed by atoms with van der Waals surface area (Å²) in [4.78, 5) is 4.47. The predicted molar refractivity (Wildman–Crippen MR) is 97.2 cm³/mol. The number of rotatable bonds is 4. The van der Waals surface area contributed by atoms with Crippen LogP contribution < -0.4 is 0 Å². The molecular formula is C21H24N2. The Hall–Kier alpha value is -2.35. The summed E-state index contributed by atoms with van der Waals surface area (Å²) in [5.74, 6) is -0.908. The number of hydrogen-bond acceptors (Lipinski definition) is 1. The molecule has 0 bridgehead atoms. The summed E-state index contributed by atoms with van der Waals surface area (Å²) in [5.41, 5.74) is 2.60. The molecule has 2 aromatic carbocycles.